The Labute approximate surface area is 157 Å². The van der Waals surface area contributed by atoms with Crippen molar-refractivity contribution in [3.63, 3.8) is 0 Å². The minimum absolute atomic E-state index is 0.0530. The fourth-order valence-corrected chi connectivity index (χ4v) is 3.27. The molecule has 128 valence electrons. The lowest BCUT2D eigenvalue weighted by Gasteiger charge is -2.29. The highest BCUT2D eigenvalue weighted by Gasteiger charge is 2.38. The number of halogens is 1. The number of nitriles is 1. The van der Waals surface area contributed by atoms with E-state index in [0.717, 1.165) is 4.47 Å². The largest absolute Gasteiger partial charge is 0.440 e. The molecule has 0 saturated heterocycles. The fraction of sp³-hybridized carbons (Fsp3) is 0.111. The first kappa shape index (κ1) is 17.5. The van der Waals surface area contributed by atoms with Gasteiger partial charge in [0.15, 0.2) is 5.78 Å². The topological polar surface area (TPSA) is 125 Å². The van der Waals surface area contributed by atoms with Gasteiger partial charge in [-0.3, -0.25) is 4.79 Å². The van der Waals surface area contributed by atoms with Crippen LogP contribution in [0, 0.1) is 11.3 Å². The highest BCUT2D eigenvalue weighted by atomic mass is 79.9. The number of ketones is 1. The Morgan fingerprint density at radius 3 is 2.73 bits per heavy atom. The molecule has 0 amide bonds. The molecule has 0 fully saturated rings. The van der Waals surface area contributed by atoms with Gasteiger partial charge in [-0.2, -0.15) is 5.26 Å². The Kier molecular flexibility index (Phi) is 4.94. The van der Waals surface area contributed by atoms with Gasteiger partial charge in [-0.15, -0.1) is 0 Å². The standard InChI is InChI=1S/C18H12BrN5O2/c19-11-6-7-14-12(8-11)15(13(9-20)18(21)26-14)16(23-24-22)17(25)10-4-2-1-3-5-10/h1-8,15-16H,21H2. The molecule has 2 aromatic carbocycles. The number of nitrogens with zero attached hydrogens (tertiary/aromatic N) is 4. The highest BCUT2D eigenvalue weighted by molar-refractivity contribution is 9.10. The monoisotopic (exact) mass is 409 g/mol. The molecule has 2 unspecified atom stereocenters. The van der Waals surface area contributed by atoms with E-state index in [9.17, 15) is 10.1 Å². The van der Waals surface area contributed by atoms with Crippen molar-refractivity contribution < 1.29 is 9.53 Å². The van der Waals surface area contributed by atoms with Crippen molar-refractivity contribution >= 4 is 21.7 Å². The second kappa shape index (κ2) is 7.31. The SMILES string of the molecule is N#CC1=C(N)Oc2ccc(Br)cc2C1C(N=[N+]=[N-])C(=O)c1ccccc1. The maximum Gasteiger partial charge on any atom is 0.205 e. The molecule has 1 aliphatic heterocycles. The summed E-state index contributed by atoms with van der Waals surface area (Å²) >= 11 is 3.37. The number of hydrogen-bond acceptors (Lipinski definition) is 5. The zero-order valence-corrected chi connectivity index (χ0v) is 14.9. The molecule has 7 nitrogen and oxygen atoms in total. The van der Waals surface area contributed by atoms with Crippen molar-refractivity contribution in [1.29, 1.82) is 5.26 Å². The van der Waals surface area contributed by atoms with Crippen LogP contribution < -0.4 is 10.5 Å². The van der Waals surface area contributed by atoms with E-state index in [-0.39, 0.29) is 11.5 Å². The van der Waals surface area contributed by atoms with Gasteiger partial charge in [0.1, 0.15) is 17.9 Å². The van der Waals surface area contributed by atoms with E-state index in [1.165, 1.54) is 0 Å². The van der Waals surface area contributed by atoms with Gasteiger partial charge < -0.3 is 10.5 Å². The molecule has 0 bridgehead atoms. The third-order valence-corrected chi connectivity index (χ3v) is 4.54. The predicted octanol–water partition coefficient (Wildman–Crippen LogP) is 4.18. The van der Waals surface area contributed by atoms with Crippen molar-refractivity contribution in [1.82, 2.24) is 0 Å². The number of ether oxygens (including phenoxy) is 1. The molecule has 0 saturated carbocycles. The van der Waals surface area contributed by atoms with Crippen LogP contribution in [0.25, 0.3) is 10.4 Å². The summed E-state index contributed by atoms with van der Waals surface area (Å²) in [5.74, 6) is -0.938. The van der Waals surface area contributed by atoms with Crippen molar-refractivity contribution in [2.45, 2.75) is 12.0 Å². The van der Waals surface area contributed by atoms with Crippen LogP contribution in [0.2, 0.25) is 0 Å². The maximum atomic E-state index is 13.0. The average Bonchev–Trinajstić information content (AvgIpc) is 2.66. The van der Waals surface area contributed by atoms with E-state index >= 15 is 0 Å². The molecule has 0 aliphatic carbocycles. The lowest BCUT2D eigenvalue weighted by Crippen LogP contribution is -2.32. The third-order valence-electron chi connectivity index (χ3n) is 4.04. The summed E-state index contributed by atoms with van der Waals surface area (Å²) in [4.78, 5) is 15.8. The summed E-state index contributed by atoms with van der Waals surface area (Å²) in [7, 11) is 0. The Bertz CT molecular complexity index is 990. The average molecular weight is 410 g/mol. The molecule has 26 heavy (non-hydrogen) atoms. The van der Waals surface area contributed by atoms with Gasteiger partial charge in [-0.05, 0) is 23.7 Å². The maximum absolute atomic E-state index is 13.0. The number of fused-ring (bicyclic) bond motifs is 1. The smallest absolute Gasteiger partial charge is 0.205 e. The number of carbonyl (C=O) groups is 1. The molecule has 0 aromatic heterocycles. The van der Waals surface area contributed by atoms with Crippen molar-refractivity contribution in [3.8, 4) is 11.8 Å². The fourth-order valence-electron chi connectivity index (χ4n) is 2.89. The Morgan fingerprint density at radius 2 is 2.08 bits per heavy atom. The number of carbonyl (C=O) groups excluding carboxylic acids is 1. The van der Waals surface area contributed by atoms with E-state index in [4.69, 9.17) is 16.0 Å². The summed E-state index contributed by atoms with van der Waals surface area (Å²) in [6.45, 7) is 0. The van der Waals surface area contributed by atoms with Crippen LogP contribution in [0.3, 0.4) is 0 Å². The van der Waals surface area contributed by atoms with Gasteiger partial charge in [-0.1, -0.05) is 51.4 Å². The summed E-state index contributed by atoms with van der Waals surface area (Å²) in [6.07, 6.45) is 0. The summed E-state index contributed by atoms with van der Waals surface area (Å²) < 4.78 is 6.23. The van der Waals surface area contributed by atoms with Gasteiger partial charge in [0, 0.05) is 26.4 Å². The number of azide groups is 1. The van der Waals surface area contributed by atoms with Crippen LogP contribution in [0.4, 0.5) is 0 Å². The predicted molar refractivity (Wildman–Crippen MR) is 98.0 cm³/mol. The number of hydrogen-bond donors (Lipinski definition) is 1. The lowest BCUT2D eigenvalue weighted by molar-refractivity contribution is 0.0952. The van der Waals surface area contributed by atoms with Crippen LogP contribution >= 0.6 is 15.9 Å². The van der Waals surface area contributed by atoms with Crippen LogP contribution in [0.1, 0.15) is 21.8 Å². The minimum Gasteiger partial charge on any atom is -0.440 e. The number of rotatable bonds is 4. The Morgan fingerprint density at radius 1 is 1.35 bits per heavy atom. The van der Waals surface area contributed by atoms with E-state index in [2.05, 4.69) is 26.0 Å². The molecule has 2 atom stereocenters. The number of benzene rings is 2. The zero-order valence-electron chi connectivity index (χ0n) is 13.3. The second-order valence-corrected chi connectivity index (χ2v) is 6.45. The van der Waals surface area contributed by atoms with Crippen LogP contribution in [-0.4, -0.2) is 11.8 Å². The lowest BCUT2D eigenvalue weighted by atomic mass is 9.80. The van der Waals surface area contributed by atoms with Gasteiger partial charge in [0.2, 0.25) is 5.88 Å². The molecule has 0 spiro atoms. The summed E-state index contributed by atoms with van der Waals surface area (Å²) in [5.41, 5.74) is 15.9. The molecular weight excluding hydrogens is 398 g/mol. The molecule has 2 N–H and O–H groups in total. The van der Waals surface area contributed by atoms with Gasteiger partial charge in [0.25, 0.3) is 0 Å². The molecule has 2 aromatic rings. The van der Waals surface area contributed by atoms with Crippen molar-refractivity contribution in [2.75, 3.05) is 0 Å². The van der Waals surface area contributed by atoms with Crippen LogP contribution in [0.15, 0.2) is 69.6 Å². The van der Waals surface area contributed by atoms with E-state index in [1.54, 1.807) is 48.5 Å². The van der Waals surface area contributed by atoms with Crippen LogP contribution in [0.5, 0.6) is 5.75 Å². The van der Waals surface area contributed by atoms with Crippen LogP contribution in [-0.2, 0) is 0 Å². The summed E-state index contributed by atoms with van der Waals surface area (Å²) in [6, 6.07) is 14.4. The van der Waals surface area contributed by atoms with E-state index in [0.29, 0.717) is 16.9 Å². The highest BCUT2D eigenvalue weighted by Crippen LogP contribution is 2.42. The Balaban J connectivity index is 2.19. The second-order valence-electron chi connectivity index (χ2n) is 5.53. The first-order valence-electron chi connectivity index (χ1n) is 7.57. The molecule has 8 heteroatoms. The van der Waals surface area contributed by atoms with Gasteiger partial charge in [0.05, 0.1) is 5.57 Å². The van der Waals surface area contributed by atoms with Gasteiger partial charge in [-0.25, -0.2) is 0 Å². The first-order valence-corrected chi connectivity index (χ1v) is 8.36. The first-order chi connectivity index (χ1) is 12.6. The normalized spacial score (nSPS) is 16.5. The quantitative estimate of drug-likeness (QED) is 0.351. The van der Waals surface area contributed by atoms with Gasteiger partial charge >= 0.3 is 0 Å². The van der Waals surface area contributed by atoms with E-state index in [1.807, 2.05) is 6.07 Å². The Hall–Kier alpha value is -3.27. The number of nitrogens with two attached hydrogens (primary N) is 1. The number of Topliss-reactive ketones (excluding diaryl/α,β-unsaturated/α-hetero) is 1. The third kappa shape index (κ3) is 3.14. The molecular formula is C18H12BrN5O2. The summed E-state index contributed by atoms with van der Waals surface area (Å²) in [5, 5.41) is 13.3. The molecule has 1 heterocycles. The van der Waals surface area contributed by atoms with Crippen molar-refractivity contribution in [2.24, 2.45) is 10.8 Å². The molecule has 0 radical (unpaired) electrons. The zero-order chi connectivity index (χ0) is 18.7. The van der Waals surface area contributed by atoms with Crippen molar-refractivity contribution in [3.05, 3.63) is 86.0 Å². The molecule has 1 aliphatic rings. The van der Waals surface area contributed by atoms with E-state index < -0.39 is 17.7 Å². The minimum atomic E-state index is -1.17. The molecule has 3 rings (SSSR count).